The van der Waals surface area contributed by atoms with E-state index in [1.165, 1.54) is 13.2 Å². The normalized spacial score (nSPS) is 28.3. The average Bonchev–Trinajstić information content (AvgIpc) is 3.20. The highest BCUT2D eigenvalue weighted by atomic mass is 32.2. The van der Waals surface area contributed by atoms with Gasteiger partial charge in [0.2, 0.25) is 0 Å². The van der Waals surface area contributed by atoms with Crippen molar-refractivity contribution in [3.8, 4) is 5.75 Å². The van der Waals surface area contributed by atoms with Crippen LogP contribution in [0.2, 0.25) is 0 Å². The molecule has 2 fully saturated rings. The molecule has 2 aliphatic rings. The molecule has 1 aromatic rings. The summed E-state index contributed by atoms with van der Waals surface area (Å²) in [5, 5.41) is 2.10. The molecule has 26 heavy (non-hydrogen) atoms. The molecule has 3 atom stereocenters. The van der Waals surface area contributed by atoms with Crippen molar-refractivity contribution in [2.24, 2.45) is 0 Å². The number of benzene rings is 1. The quantitative estimate of drug-likeness (QED) is 0.747. The third-order valence-electron chi connectivity index (χ3n) is 4.96. The molecule has 2 aliphatic heterocycles. The molecule has 0 radical (unpaired) electrons. The van der Waals surface area contributed by atoms with E-state index in [9.17, 15) is 16.8 Å². The Labute approximate surface area is 154 Å². The van der Waals surface area contributed by atoms with Crippen molar-refractivity contribution in [2.75, 3.05) is 31.8 Å². The van der Waals surface area contributed by atoms with Crippen molar-refractivity contribution in [1.82, 2.24) is 5.32 Å². The summed E-state index contributed by atoms with van der Waals surface area (Å²) >= 11 is 0. The first-order valence-corrected chi connectivity index (χ1v) is 12.0. The lowest BCUT2D eigenvalue weighted by atomic mass is 10.2. The van der Waals surface area contributed by atoms with Gasteiger partial charge in [0.1, 0.15) is 10.6 Å². The summed E-state index contributed by atoms with van der Waals surface area (Å²) in [5.41, 5.74) is 0.772. The largest absolute Gasteiger partial charge is 0.495 e. The van der Waals surface area contributed by atoms with E-state index in [1.54, 1.807) is 19.1 Å². The number of methoxy groups -OCH3 is 1. The number of hydrogen-bond acceptors (Lipinski definition) is 7. The fourth-order valence-electron chi connectivity index (χ4n) is 3.57. The van der Waals surface area contributed by atoms with Crippen molar-refractivity contribution >= 4 is 19.7 Å². The van der Waals surface area contributed by atoms with Gasteiger partial charge < -0.3 is 14.8 Å². The molecule has 0 spiro atoms. The lowest BCUT2D eigenvalue weighted by molar-refractivity contribution is 0.108. The Morgan fingerprint density at radius 1 is 1.31 bits per heavy atom. The first-order chi connectivity index (χ1) is 12.2. The summed E-state index contributed by atoms with van der Waals surface area (Å²) in [7, 11) is -5.91. The van der Waals surface area contributed by atoms with Crippen LogP contribution in [0, 0.1) is 6.92 Å². The molecule has 2 heterocycles. The minimum Gasteiger partial charge on any atom is -0.495 e. The summed E-state index contributed by atoms with van der Waals surface area (Å²) in [6.07, 6.45) is 1.88. The Bertz CT molecular complexity index is 859. The molecule has 1 aromatic carbocycles. The maximum Gasteiger partial charge on any atom is 0.187 e. The van der Waals surface area contributed by atoms with Crippen LogP contribution in [-0.4, -0.2) is 66.0 Å². The van der Waals surface area contributed by atoms with Gasteiger partial charge in [0.05, 0.1) is 30.0 Å². The predicted molar refractivity (Wildman–Crippen MR) is 98.1 cm³/mol. The van der Waals surface area contributed by atoms with Gasteiger partial charge in [0.15, 0.2) is 19.7 Å². The highest BCUT2D eigenvalue weighted by Crippen LogP contribution is 2.32. The van der Waals surface area contributed by atoms with Gasteiger partial charge >= 0.3 is 0 Å². The molecule has 1 N–H and O–H groups in total. The number of hydrogen-bond donors (Lipinski definition) is 1. The highest BCUT2D eigenvalue weighted by molar-refractivity contribution is 7.96. The van der Waals surface area contributed by atoms with Crippen molar-refractivity contribution in [3.05, 3.63) is 23.8 Å². The zero-order valence-electron chi connectivity index (χ0n) is 15.0. The van der Waals surface area contributed by atoms with Crippen LogP contribution in [0.5, 0.6) is 5.75 Å². The minimum absolute atomic E-state index is 0.00941. The highest BCUT2D eigenvalue weighted by Gasteiger charge is 2.46. The van der Waals surface area contributed by atoms with E-state index in [0.717, 1.165) is 18.4 Å². The van der Waals surface area contributed by atoms with Gasteiger partial charge in [-0.15, -0.1) is 0 Å². The standard InChI is InChI=1S/C17H25NO6S2/c1-12-5-6-15(23-2)16(8-12)26(21,22)17-11-25(19,20)10-14(17)18-9-13-4-3-7-24-13/h5-6,8,13-14,17-18H,3-4,7,9-11H2,1-2H3/t13-,14-,17-/m0/s1. The van der Waals surface area contributed by atoms with Gasteiger partial charge in [0.25, 0.3) is 0 Å². The molecule has 9 heteroatoms. The van der Waals surface area contributed by atoms with E-state index in [-0.39, 0.29) is 28.3 Å². The van der Waals surface area contributed by atoms with Crippen LogP contribution in [0.25, 0.3) is 0 Å². The predicted octanol–water partition coefficient (Wildman–Crippen LogP) is 0.712. The summed E-state index contributed by atoms with van der Waals surface area (Å²) in [4.78, 5) is 0.0472. The first-order valence-electron chi connectivity index (χ1n) is 8.67. The van der Waals surface area contributed by atoms with E-state index in [2.05, 4.69) is 5.32 Å². The number of aryl methyl sites for hydroxylation is 1. The number of rotatable bonds is 6. The molecule has 0 aliphatic carbocycles. The summed E-state index contributed by atoms with van der Waals surface area (Å²) in [6, 6.07) is 4.24. The molecule has 0 bridgehead atoms. The van der Waals surface area contributed by atoms with Crippen molar-refractivity contribution in [3.63, 3.8) is 0 Å². The van der Waals surface area contributed by atoms with E-state index >= 15 is 0 Å². The zero-order chi connectivity index (χ0) is 18.9. The van der Waals surface area contributed by atoms with E-state index in [4.69, 9.17) is 9.47 Å². The van der Waals surface area contributed by atoms with Crippen LogP contribution < -0.4 is 10.1 Å². The number of ether oxygens (including phenoxy) is 2. The van der Waals surface area contributed by atoms with Crippen LogP contribution in [0.1, 0.15) is 18.4 Å². The maximum atomic E-state index is 13.2. The van der Waals surface area contributed by atoms with E-state index < -0.39 is 31.0 Å². The van der Waals surface area contributed by atoms with Crippen LogP contribution in [0.3, 0.4) is 0 Å². The number of nitrogens with one attached hydrogen (secondary N) is 1. The molecule has 0 unspecified atom stereocenters. The lowest BCUT2D eigenvalue weighted by Gasteiger charge is -2.22. The molecular weight excluding hydrogens is 378 g/mol. The molecule has 3 rings (SSSR count). The van der Waals surface area contributed by atoms with Gasteiger partial charge in [0, 0.05) is 19.2 Å². The van der Waals surface area contributed by atoms with Crippen molar-refractivity contribution < 1.29 is 26.3 Å². The van der Waals surface area contributed by atoms with Crippen LogP contribution >= 0.6 is 0 Å². The van der Waals surface area contributed by atoms with Gasteiger partial charge in [-0.3, -0.25) is 0 Å². The monoisotopic (exact) mass is 403 g/mol. The first kappa shape index (κ1) is 19.6. The third kappa shape index (κ3) is 4.05. The molecular formula is C17H25NO6S2. The van der Waals surface area contributed by atoms with E-state index in [0.29, 0.717) is 13.2 Å². The topological polar surface area (TPSA) is 98.8 Å². The fourth-order valence-corrected chi connectivity index (χ4v) is 8.53. The maximum absolute atomic E-state index is 13.2. The Morgan fingerprint density at radius 3 is 2.73 bits per heavy atom. The average molecular weight is 404 g/mol. The molecule has 0 aromatic heterocycles. The minimum atomic E-state index is -3.88. The smallest absolute Gasteiger partial charge is 0.187 e. The second-order valence-corrected chi connectivity index (χ2v) is 11.3. The Kier molecular flexibility index (Phi) is 5.62. The van der Waals surface area contributed by atoms with Gasteiger partial charge in [-0.2, -0.15) is 0 Å². The van der Waals surface area contributed by atoms with Gasteiger partial charge in [-0.25, -0.2) is 16.8 Å². The fraction of sp³-hybridized carbons (Fsp3) is 0.647. The Hall–Kier alpha value is -1.16. The molecule has 0 amide bonds. The Morgan fingerprint density at radius 2 is 2.08 bits per heavy atom. The number of sulfone groups is 2. The van der Waals surface area contributed by atoms with Crippen LogP contribution in [0.15, 0.2) is 23.1 Å². The molecule has 0 saturated carbocycles. The second-order valence-electron chi connectivity index (χ2n) is 6.96. The summed E-state index contributed by atoms with van der Waals surface area (Å²) in [5.74, 6) is -0.328. The van der Waals surface area contributed by atoms with Crippen molar-refractivity contribution in [1.29, 1.82) is 0 Å². The van der Waals surface area contributed by atoms with Gasteiger partial charge in [-0.1, -0.05) is 6.07 Å². The lowest BCUT2D eigenvalue weighted by Crippen LogP contribution is -2.46. The SMILES string of the molecule is COc1ccc(C)cc1S(=O)(=O)[C@H]1CS(=O)(=O)C[C@@H]1NC[C@@H]1CCCO1. The summed E-state index contributed by atoms with van der Waals surface area (Å²) < 4.78 is 61.6. The molecule has 2 saturated heterocycles. The molecule has 7 nitrogen and oxygen atoms in total. The second kappa shape index (κ2) is 7.46. The third-order valence-corrected chi connectivity index (χ3v) is 9.13. The molecule has 146 valence electrons. The van der Waals surface area contributed by atoms with Gasteiger partial charge in [-0.05, 0) is 37.5 Å². The Balaban J connectivity index is 1.89. The van der Waals surface area contributed by atoms with Crippen LogP contribution in [-0.2, 0) is 24.4 Å². The van der Waals surface area contributed by atoms with E-state index in [1.807, 2.05) is 0 Å². The zero-order valence-corrected chi connectivity index (χ0v) is 16.6. The van der Waals surface area contributed by atoms with Crippen LogP contribution in [0.4, 0.5) is 0 Å². The summed E-state index contributed by atoms with van der Waals surface area (Å²) in [6.45, 7) is 2.94. The van der Waals surface area contributed by atoms with Crippen molar-refractivity contribution in [2.45, 2.75) is 42.1 Å².